The first-order valence-electron chi connectivity index (χ1n) is 4.78. The lowest BCUT2D eigenvalue weighted by Gasteiger charge is -2.28. The summed E-state index contributed by atoms with van der Waals surface area (Å²) in [4.78, 5) is 1.34. The molecule has 2 rings (SSSR count). The van der Waals surface area contributed by atoms with E-state index >= 15 is 0 Å². The van der Waals surface area contributed by atoms with Crippen molar-refractivity contribution in [1.29, 1.82) is 0 Å². The second-order valence-electron chi connectivity index (χ2n) is 3.56. The highest BCUT2D eigenvalue weighted by Gasteiger charge is 2.18. The maximum Gasteiger partial charge on any atom is 0.0442 e. The van der Waals surface area contributed by atoms with Crippen LogP contribution in [0.5, 0.6) is 0 Å². The van der Waals surface area contributed by atoms with E-state index in [1.54, 1.807) is 11.8 Å². The summed E-state index contributed by atoms with van der Waals surface area (Å²) in [7, 11) is 0. The SMILES string of the molecule is CSc1ccc(C)c(NC2CSC2)c1. The van der Waals surface area contributed by atoms with Gasteiger partial charge in [0.2, 0.25) is 0 Å². The van der Waals surface area contributed by atoms with Gasteiger partial charge in [0.15, 0.2) is 0 Å². The zero-order valence-electron chi connectivity index (χ0n) is 8.54. The van der Waals surface area contributed by atoms with Crippen LogP contribution in [0.15, 0.2) is 23.1 Å². The number of hydrogen-bond acceptors (Lipinski definition) is 3. The number of anilines is 1. The average molecular weight is 225 g/mol. The third-order valence-corrected chi connectivity index (χ3v) is 4.44. The van der Waals surface area contributed by atoms with Crippen molar-refractivity contribution in [3.05, 3.63) is 23.8 Å². The predicted octanol–water partition coefficient (Wildman–Crippen LogP) is 3.24. The van der Waals surface area contributed by atoms with Gasteiger partial charge in [-0.15, -0.1) is 11.8 Å². The molecular formula is C11H15NS2. The van der Waals surface area contributed by atoms with E-state index in [2.05, 4.69) is 36.7 Å². The fourth-order valence-electron chi connectivity index (χ4n) is 1.42. The molecule has 0 saturated carbocycles. The molecule has 0 spiro atoms. The lowest BCUT2D eigenvalue weighted by Crippen LogP contribution is -2.33. The molecule has 0 amide bonds. The van der Waals surface area contributed by atoms with Gasteiger partial charge in [0.05, 0.1) is 0 Å². The Labute approximate surface area is 94.0 Å². The molecular weight excluding hydrogens is 210 g/mol. The first kappa shape index (κ1) is 10.2. The lowest BCUT2D eigenvalue weighted by molar-refractivity contribution is 0.879. The van der Waals surface area contributed by atoms with E-state index in [4.69, 9.17) is 0 Å². The largest absolute Gasteiger partial charge is 0.380 e. The summed E-state index contributed by atoms with van der Waals surface area (Å²) in [6.07, 6.45) is 2.12. The summed E-state index contributed by atoms with van der Waals surface area (Å²) in [6.45, 7) is 2.16. The number of aryl methyl sites for hydroxylation is 1. The third-order valence-electron chi connectivity index (χ3n) is 2.44. The Morgan fingerprint density at radius 2 is 2.21 bits per heavy atom. The minimum Gasteiger partial charge on any atom is -0.380 e. The minimum atomic E-state index is 0.691. The molecule has 0 radical (unpaired) electrons. The maximum absolute atomic E-state index is 3.59. The summed E-state index contributed by atoms with van der Waals surface area (Å²) in [5.41, 5.74) is 2.65. The van der Waals surface area contributed by atoms with Crippen LogP contribution < -0.4 is 5.32 Å². The number of benzene rings is 1. The van der Waals surface area contributed by atoms with Gasteiger partial charge in [-0.3, -0.25) is 0 Å². The molecule has 1 heterocycles. The van der Waals surface area contributed by atoms with E-state index in [0.29, 0.717) is 6.04 Å². The third kappa shape index (κ3) is 2.20. The van der Waals surface area contributed by atoms with Gasteiger partial charge in [-0.05, 0) is 30.9 Å². The van der Waals surface area contributed by atoms with Crippen molar-refractivity contribution >= 4 is 29.2 Å². The summed E-state index contributed by atoms with van der Waals surface area (Å²) in [5, 5.41) is 3.59. The molecule has 1 fully saturated rings. The van der Waals surface area contributed by atoms with Crippen molar-refractivity contribution in [2.24, 2.45) is 0 Å². The van der Waals surface area contributed by atoms with Crippen molar-refractivity contribution in [2.45, 2.75) is 17.9 Å². The second kappa shape index (κ2) is 4.49. The van der Waals surface area contributed by atoms with Gasteiger partial charge in [0.25, 0.3) is 0 Å². The van der Waals surface area contributed by atoms with Crippen LogP contribution in [0.4, 0.5) is 5.69 Å². The molecule has 1 aromatic carbocycles. The highest BCUT2D eigenvalue weighted by atomic mass is 32.2. The predicted molar refractivity (Wildman–Crippen MR) is 67.7 cm³/mol. The first-order chi connectivity index (χ1) is 6.79. The smallest absolute Gasteiger partial charge is 0.0442 e. The fourth-order valence-corrected chi connectivity index (χ4v) is 2.50. The number of rotatable bonds is 3. The number of hydrogen-bond donors (Lipinski definition) is 1. The van der Waals surface area contributed by atoms with Gasteiger partial charge >= 0.3 is 0 Å². The van der Waals surface area contributed by atoms with Crippen LogP contribution in [0, 0.1) is 6.92 Å². The van der Waals surface area contributed by atoms with Crippen molar-refractivity contribution in [1.82, 2.24) is 0 Å². The van der Waals surface area contributed by atoms with Crippen LogP contribution in [0.1, 0.15) is 5.56 Å². The highest BCUT2D eigenvalue weighted by Crippen LogP contribution is 2.27. The molecule has 0 aromatic heterocycles. The van der Waals surface area contributed by atoms with E-state index in [1.807, 2.05) is 11.8 Å². The number of nitrogens with one attached hydrogen (secondary N) is 1. The molecule has 1 saturated heterocycles. The zero-order valence-corrected chi connectivity index (χ0v) is 10.2. The Hall–Kier alpha value is -0.280. The fraction of sp³-hybridized carbons (Fsp3) is 0.455. The molecule has 1 aromatic rings. The van der Waals surface area contributed by atoms with E-state index in [0.717, 1.165) is 0 Å². The Balaban J connectivity index is 2.13. The molecule has 1 aliphatic heterocycles. The maximum atomic E-state index is 3.59. The molecule has 1 aliphatic rings. The van der Waals surface area contributed by atoms with E-state index < -0.39 is 0 Å². The first-order valence-corrected chi connectivity index (χ1v) is 7.16. The molecule has 0 bridgehead atoms. The summed E-state index contributed by atoms with van der Waals surface area (Å²) >= 11 is 3.81. The topological polar surface area (TPSA) is 12.0 Å². The van der Waals surface area contributed by atoms with Crippen LogP contribution in [0.3, 0.4) is 0 Å². The molecule has 1 nitrogen and oxygen atoms in total. The Kier molecular flexibility index (Phi) is 3.29. The van der Waals surface area contributed by atoms with Gasteiger partial charge in [0, 0.05) is 28.1 Å². The molecule has 0 aliphatic carbocycles. The van der Waals surface area contributed by atoms with E-state index in [9.17, 15) is 0 Å². The average Bonchev–Trinajstić information content (AvgIpc) is 2.14. The normalized spacial score (nSPS) is 16.4. The molecule has 76 valence electrons. The highest BCUT2D eigenvalue weighted by molar-refractivity contribution is 8.00. The molecule has 3 heteroatoms. The number of thioether (sulfide) groups is 2. The second-order valence-corrected chi connectivity index (χ2v) is 5.51. The van der Waals surface area contributed by atoms with Crippen LogP contribution in [-0.4, -0.2) is 23.8 Å². The van der Waals surface area contributed by atoms with Crippen molar-refractivity contribution in [3.63, 3.8) is 0 Å². The van der Waals surface area contributed by atoms with Gasteiger partial charge in [-0.1, -0.05) is 6.07 Å². The van der Waals surface area contributed by atoms with Gasteiger partial charge in [-0.25, -0.2) is 0 Å². The van der Waals surface area contributed by atoms with Crippen molar-refractivity contribution in [2.75, 3.05) is 23.1 Å². The van der Waals surface area contributed by atoms with Gasteiger partial charge < -0.3 is 5.32 Å². The molecule has 14 heavy (non-hydrogen) atoms. The van der Waals surface area contributed by atoms with E-state index in [-0.39, 0.29) is 0 Å². The molecule has 1 N–H and O–H groups in total. The lowest BCUT2D eigenvalue weighted by atomic mass is 10.2. The Morgan fingerprint density at radius 1 is 1.43 bits per heavy atom. The Bertz CT molecular complexity index is 321. The van der Waals surface area contributed by atoms with Crippen LogP contribution in [0.25, 0.3) is 0 Å². The van der Waals surface area contributed by atoms with Crippen LogP contribution >= 0.6 is 23.5 Å². The summed E-state index contributed by atoms with van der Waals surface area (Å²) in [6, 6.07) is 7.32. The molecule has 0 unspecified atom stereocenters. The summed E-state index contributed by atoms with van der Waals surface area (Å²) in [5.74, 6) is 2.51. The molecule has 0 atom stereocenters. The quantitative estimate of drug-likeness (QED) is 0.793. The standard InChI is InChI=1S/C11H15NS2/c1-8-3-4-10(13-2)5-11(8)12-9-6-14-7-9/h3-5,9,12H,6-7H2,1-2H3. The van der Waals surface area contributed by atoms with Crippen molar-refractivity contribution in [3.8, 4) is 0 Å². The monoisotopic (exact) mass is 225 g/mol. The van der Waals surface area contributed by atoms with Crippen LogP contribution in [0.2, 0.25) is 0 Å². The zero-order chi connectivity index (χ0) is 9.97. The minimum absolute atomic E-state index is 0.691. The van der Waals surface area contributed by atoms with E-state index in [1.165, 1.54) is 27.7 Å². The van der Waals surface area contributed by atoms with Crippen molar-refractivity contribution < 1.29 is 0 Å². The van der Waals surface area contributed by atoms with Gasteiger partial charge in [0.1, 0.15) is 0 Å². The summed E-state index contributed by atoms with van der Waals surface area (Å²) < 4.78 is 0. The Morgan fingerprint density at radius 3 is 2.79 bits per heavy atom. The van der Waals surface area contributed by atoms with Crippen LogP contribution in [-0.2, 0) is 0 Å². The van der Waals surface area contributed by atoms with Gasteiger partial charge in [-0.2, -0.15) is 11.8 Å².